The third kappa shape index (κ3) is 6.29. The summed E-state index contributed by atoms with van der Waals surface area (Å²) in [5.41, 5.74) is 1.73. The summed E-state index contributed by atoms with van der Waals surface area (Å²) in [6.07, 6.45) is 0.929. The van der Waals surface area contributed by atoms with Crippen LogP contribution in [-0.2, 0) is 9.84 Å². The minimum atomic E-state index is -3.00. The van der Waals surface area contributed by atoms with Crippen molar-refractivity contribution in [3.8, 4) is 17.6 Å². The van der Waals surface area contributed by atoms with Crippen LogP contribution >= 0.6 is 0 Å². The summed E-state index contributed by atoms with van der Waals surface area (Å²) >= 11 is 0. The molecule has 0 radical (unpaired) electrons. The fraction of sp³-hybridized carbons (Fsp3) is 0.286. The lowest BCUT2D eigenvalue weighted by Gasteiger charge is -2.21. The van der Waals surface area contributed by atoms with Crippen molar-refractivity contribution >= 4 is 15.7 Å². The maximum atomic E-state index is 14.1. The largest absolute Gasteiger partial charge is 0.508 e. The fourth-order valence-corrected chi connectivity index (χ4v) is 5.55. The number of nitrogens with one attached hydrogen (secondary N) is 1. The number of phenols is 1. The predicted molar refractivity (Wildman–Crippen MR) is 136 cm³/mol. The van der Waals surface area contributed by atoms with Crippen molar-refractivity contribution < 1.29 is 26.8 Å². The molecule has 1 aliphatic rings. The Morgan fingerprint density at radius 1 is 1.17 bits per heavy atom. The number of phenolic OH excluding ortho intramolecular Hbond substituents is 1. The number of carbonyl (C=O) groups is 1. The highest BCUT2D eigenvalue weighted by Gasteiger charge is 2.23. The van der Waals surface area contributed by atoms with E-state index < -0.39 is 34.5 Å². The van der Waals surface area contributed by atoms with Gasteiger partial charge in [-0.3, -0.25) is 4.79 Å². The minimum absolute atomic E-state index is 0.0468. The first-order valence-corrected chi connectivity index (χ1v) is 13.2. The van der Waals surface area contributed by atoms with Gasteiger partial charge < -0.3 is 10.4 Å². The molecule has 4 rings (SSSR count). The minimum Gasteiger partial charge on any atom is -0.508 e. The molecule has 2 heterocycles. The van der Waals surface area contributed by atoms with Crippen molar-refractivity contribution in [1.82, 2.24) is 10.3 Å². The molecule has 6 nitrogen and oxygen atoms in total. The molecule has 8 heteroatoms. The SMILES string of the molecule is [2H]C([2H])([2H])c1ccc(C(NC(=O)c2cc(C#CC3CCS(=O)(=O)CC3)cc(C)n2)c2cc(F)ccc2O)cc1. The number of aromatic hydroxyl groups is 1. The number of hydrogen-bond acceptors (Lipinski definition) is 5. The van der Waals surface area contributed by atoms with Gasteiger partial charge in [-0.25, -0.2) is 17.8 Å². The topological polar surface area (TPSA) is 96.4 Å². The molecule has 1 amide bonds. The molecule has 186 valence electrons. The summed E-state index contributed by atoms with van der Waals surface area (Å²) in [6, 6.07) is 11.4. The van der Waals surface area contributed by atoms with Crippen LogP contribution in [0.2, 0.25) is 0 Å². The van der Waals surface area contributed by atoms with Gasteiger partial charge in [0.25, 0.3) is 5.91 Å². The van der Waals surface area contributed by atoms with Crippen LogP contribution in [0.3, 0.4) is 0 Å². The molecule has 0 bridgehead atoms. The zero-order chi connectivity index (χ0) is 28.4. The van der Waals surface area contributed by atoms with Crippen LogP contribution in [0, 0.1) is 37.4 Å². The maximum Gasteiger partial charge on any atom is 0.270 e. The van der Waals surface area contributed by atoms with E-state index in [1.54, 1.807) is 13.0 Å². The molecule has 1 fully saturated rings. The third-order valence-electron chi connectivity index (χ3n) is 5.98. The second-order valence-electron chi connectivity index (χ2n) is 8.81. The van der Waals surface area contributed by atoms with Crippen molar-refractivity contribution in [2.24, 2.45) is 5.92 Å². The first kappa shape index (κ1) is 21.6. The zero-order valence-corrected chi connectivity index (χ0v) is 20.4. The summed E-state index contributed by atoms with van der Waals surface area (Å²) < 4.78 is 60.2. The van der Waals surface area contributed by atoms with Gasteiger partial charge in [0.15, 0.2) is 0 Å². The van der Waals surface area contributed by atoms with Gasteiger partial charge in [-0.1, -0.05) is 41.7 Å². The number of amides is 1. The van der Waals surface area contributed by atoms with Crippen molar-refractivity contribution in [2.75, 3.05) is 11.5 Å². The maximum absolute atomic E-state index is 14.1. The highest BCUT2D eigenvalue weighted by molar-refractivity contribution is 7.91. The van der Waals surface area contributed by atoms with Crippen LogP contribution in [0.5, 0.6) is 5.75 Å². The van der Waals surface area contributed by atoms with Gasteiger partial charge in [0, 0.05) is 26.9 Å². The number of halogens is 1. The van der Waals surface area contributed by atoms with Crippen LogP contribution in [0.4, 0.5) is 4.39 Å². The molecule has 1 saturated heterocycles. The lowest BCUT2D eigenvalue weighted by Crippen LogP contribution is -2.30. The van der Waals surface area contributed by atoms with Crippen molar-refractivity contribution in [3.05, 3.63) is 94.1 Å². The Hall–Kier alpha value is -3.70. The number of hydrogen-bond donors (Lipinski definition) is 2. The quantitative estimate of drug-likeness (QED) is 0.513. The third-order valence-corrected chi connectivity index (χ3v) is 7.70. The molecule has 0 spiro atoms. The highest BCUT2D eigenvalue weighted by Crippen LogP contribution is 2.30. The van der Waals surface area contributed by atoms with Gasteiger partial charge in [0.2, 0.25) is 0 Å². The van der Waals surface area contributed by atoms with Crippen LogP contribution < -0.4 is 5.32 Å². The zero-order valence-electron chi connectivity index (χ0n) is 22.6. The van der Waals surface area contributed by atoms with Crippen LogP contribution in [0.25, 0.3) is 0 Å². The Bertz CT molecular complexity index is 1550. The van der Waals surface area contributed by atoms with E-state index in [1.807, 2.05) is 0 Å². The average molecular weight is 510 g/mol. The first-order chi connectivity index (χ1) is 18.3. The second-order valence-corrected chi connectivity index (χ2v) is 11.1. The van der Waals surface area contributed by atoms with Crippen molar-refractivity contribution in [3.63, 3.8) is 0 Å². The number of carbonyl (C=O) groups excluding carboxylic acids is 1. The van der Waals surface area contributed by atoms with E-state index in [2.05, 4.69) is 22.1 Å². The number of rotatable bonds is 4. The Labute approximate surface area is 214 Å². The molecule has 3 aromatic rings. The molecular formula is C28H27FN2O4S. The van der Waals surface area contributed by atoms with Crippen molar-refractivity contribution in [2.45, 2.75) is 32.7 Å². The van der Waals surface area contributed by atoms with Gasteiger partial charge in [-0.2, -0.15) is 0 Å². The lowest BCUT2D eigenvalue weighted by atomic mass is 9.96. The number of nitrogens with zero attached hydrogens (tertiary/aromatic N) is 1. The molecule has 36 heavy (non-hydrogen) atoms. The smallest absolute Gasteiger partial charge is 0.270 e. The van der Waals surface area contributed by atoms with Gasteiger partial charge in [-0.15, -0.1) is 0 Å². The molecule has 0 aliphatic carbocycles. The van der Waals surface area contributed by atoms with Gasteiger partial charge in [0.1, 0.15) is 27.1 Å². The normalized spacial score (nSPS) is 17.6. The summed E-state index contributed by atoms with van der Waals surface area (Å²) in [6.45, 7) is -0.619. The first-order valence-electron chi connectivity index (χ1n) is 12.9. The van der Waals surface area contributed by atoms with E-state index in [0.29, 0.717) is 29.7 Å². The number of aryl methyl sites for hydroxylation is 2. The summed E-state index contributed by atoms with van der Waals surface area (Å²) in [5, 5.41) is 13.2. The predicted octanol–water partition coefficient (Wildman–Crippen LogP) is 4.24. The number of pyridine rings is 1. The standard InChI is InChI=1S/C28H27FN2O4S/c1-18-3-7-22(8-4-18)27(24-17-23(29)9-10-26(24)32)31-28(33)25-16-21(15-19(2)30-25)6-5-20-11-13-36(34,35)14-12-20/h3-4,7-10,15-17,20,27,32H,11-14H2,1-2H3,(H,31,33)/i1D3. The Kier molecular flexibility index (Phi) is 6.30. The molecule has 1 atom stereocenters. The fourth-order valence-electron chi connectivity index (χ4n) is 4.05. The van der Waals surface area contributed by atoms with E-state index in [0.717, 1.165) is 12.1 Å². The molecule has 1 aromatic heterocycles. The molecule has 2 aromatic carbocycles. The van der Waals surface area contributed by atoms with E-state index in [1.165, 1.54) is 36.4 Å². The Balaban J connectivity index is 1.63. The monoisotopic (exact) mass is 509 g/mol. The van der Waals surface area contributed by atoms with E-state index in [9.17, 15) is 22.7 Å². The molecule has 1 aliphatic heterocycles. The van der Waals surface area contributed by atoms with E-state index in [4.69, 9.17) is 4.11 Å². The van der Waals surface area contributed by atoms with E-state index >= 15 is 0 Å². The molecule has 1 unspecified atom stereocenters. The van der Waals surface area contributed by atoms with E-state index in [-0.39, 0.29) is 40.0 Å². The lowest BCUT2D eigenvalue weighted by molar-refractivity contribution is 0.0937. The van der Waals surface area contributed by atoms with Crippen LogP contribution in [-0.4, -0.2) is 35.9 Å². The summed E-state index contributed by atoms with van der Waals surface area (Å²) in [5.74, 6) is 4.80. The van der Waals surface area contributed by atoms with Gasteiger partial charge in [0.05, 0.1) is 17.5 Å². The number of sulfone groups is 1. The molecule has 0 saturated carbocycles. The van der Waals surface area contributed by atoms with Gasteiger partial charge >= 0.3 is 0 Å². The van der Waals surface area contributed by atoms with Crippen LogP contribution in [0.15, 0.2) is 54.6 Å². The Morgan fingerprint density at radius 2 is 1.89 bits per heavy atom. The number of aromatic nitrogens is 1. The van der Waals surface area contributed by atoms with Crippen LogP contribution in [0.1, 0.15) is 61.4 Å². The second kappa shape index (κ2) is 10.5. The average Bonchev–Trinajstić information content (AvgIpc) is 2.87. The highest BCUT2D eigenvalue weighted by atomic mass is 32.2. The molecule has 2 N–H and O–H groups in total. The summed E-state index contributed by atoms with van der Waals surface area (Å²) in [4.78, 5) is 17.7. The molecular weight excluding hydrogens is 479 g/mol. The van der Waals surface area contributed by atoms with Gasteiger partial charge in [-0.05, 0) is 62.5 Å². The summed E-state index contributed by atoms with van der Waals surface area (Å²) in [7, 11) is -3.00. The Morgan fingerprint density at radius 3 is 2.58 bits per heavy atom. The number of benzene rings is 2. The van der Waals surface area contributed by atoms with Crippen molar-refractivity contribution in [1.29, 1.82) is 0 Å².